The zero-order valence-electron chi connectivity index (χ0n) is 13.8. The molecule has 1 N–H and O–H groups in total. The van der Waals surface area contributed by atoms with Crippen molar-refractivity contribution in [1.82, 2.24) is 4.90 Å². The zero-order chi connectivity index (χ0) is 17.7. The molecule has 0 aromatic heterocycles. The van der Waals surface area contributed by atoms with E-state index in [2.05, 4.69) is 11.6 Å². The van der Waals surface area contributed by atoms with Crippen molar-refractivity contribution in [1.29, 1.82) is 0 Å². The van der Waals surface area contributed by atoms with Gasteiger partial charge in [0.1, 0.15) is 0 Å². The highest BCUT2D eigenvalue weighted by atomic mass is 32.2. The Morgan fingerprint density at radius 1 is 1.38 bits per heavy atom. The lowest BCUT2D eigenvalue weighted by Gasteiger charge is -2.30. The minimum absolute atomic E-state index is 0.184. The van der Waals surface area contributed by atoms with E-state index in [1.807, 2.05) is 0 Å². The predicted molar refractivity (Wildman–Crippen MR) is 90.2 cm³/mol. The molecule has 0 aliphatic carbocycles. The lowest BCUT2D eigenvalue weighted by atomic mass is 10.0. The molecule has 1 aromatic rings. The van der Waals surface area contributed by atoms with Crippen molar-refractivity contribution in [2.45, 2.75) is 19.8 Å². The fourth-order valence-electron chi connectivity index (χ4n) is 2.64. The molecular formula is C16H22N2O5S. The van der Waals surface area contributed by atoms with Gasteiger partial charge in [0, 0.05) is 18.8 Å². The molecule has 1 unspecified atom stereocenters. The SMILES string of the molecule is CC1CCCN(C(=O)COC(=O)c2cccc(NS(C)(=O)=O)c2)C1. The Balaban J connectivity index is 1.92. The Bertz CT molecular complexity index is 717. The van der Waals surface area contributed by atoms with Gasteiger partial charge in [0.05, 0.1) is 11.8 Å². The van der Waals surface area contributed by atoms with Gasteiger partial charge in [-0.15, -0.1) is 0 Å². The monoisotopic (exact) mass is 354 g/mol. The minimum atomic E-state index is -3.43. The third-order valence-corrected chi connectivity index (χ3v) is 4.34. The average molecular weight is 354 g/mol. The van der Waals surface area contributed by atoms with Gasteiger partial charge in [-0.1, -0.05) is 13.0 Å². The Morgan fingerprint density at radius 3 is 2.79 bits per heavy atom. The van der Waals surface area contributed by atoms with Gasteiger partial charge in [0.2, 0.25) is 10.0 Å². The van der Waals surface area contributed by atoms with E-state index in [0.717, 1.165) is 19.1 Å². The summed E-state index contributed by atoms with van der Waals surface area (Å²) in [6.45, 7) is 3.15. The minimum Gasteiger partial charge on any atom is -0.452 e. The van der Waals surface area contributed by atoms with E-state index in [0.29, 0.717) is 19.0 Å². The number of anilines is 1. The average Bonchev–Trinajstić information content (AvgIpc) is 2.51. The summed E-state index contributed by atoms with van der Waals surface area (Å²) in [7, 11) is -3.43. The highest BCUT2D eigenvalue weighted by Crippen LogP contribution is 2.16. The van der Waals surface area contributed by atoms with Gasteiger partial charge < -0.3 is 9.64 Å². The van der Waals surface area contributed by atoms with Crippen molar-refractivity contribution in [2.75, 3.05) is 30.7 Å². The molecule has 0 radical (unpaired) electrons. The summed E-state index contributed by atoms with van der Waals surface area (Å²) in [6, 6.07) is 5.94. The number of ether oxygens (including phenoxy) is 1. The Morgan fingerprint density at radius 2 is 2.12 bits per heavy atom. The van der Waals surface area contributed by atoms with Gasteiger partial charge in [-0.3, -0.25) is 9.52 Å². The Kier molecular flexibility index (Phi) is 5.82. The number of benzene rings is 1. The molecule has 1 heterocycles. The summed E-state index contributed by atoms with van der Waals surface area (Å²) < 4.78 is 29.8. The number of amides is 1. The van der Waals surface area contributed by atoms with Crippen LogP contribution in [0.3, 0.4) is 0 Å². The third-order valence-electron chi connectivity index (χ3n) is 3.74. The number of nitrogens with one attached hydrogen (secondary N) is 1. The van der Waals surface area contributed by atoms with Crippen molar-refractivity contribution in [3.05, 3.63) is 29.8 Å². The molecule has 0 saturated carbocycles. The molecule has 1 aliphatic rings. The van der Waals surface area contributed by atoms with E-state index < -0.39 is 16.0 Å². The third kappa shape index (κ3) is 5.52. The van der Waals surface area contributed by atoms with Crippen molar-refractivity contribution in [3.8, 4) is 0 Å². The summed E-state index contributed by atoms with van der Waals surface area (Å²) in [6.07, 6.45) is 3.08. The lowest BCUT2D eigenvalue weighted by Crippen LogP contribution is -2.41. The van der Waals surface area contributed by atoms with Crippen molar-refractivity contribution >= 4 is 27.6 Å². The van der Waals surface area contributed by atoms with E-state index in [1.54, 1.807) is 4.90 Å². The normalized spacial score (nSPS) is 18.1. The molecule has 24 heavy (non-hydrogen) atoms. The van der Waals surface area contributed by atoms with Crippen LogP contribution in [0.4, 0.5) is 5.69 Å². The van der Waals surface area contributed by atoms with E-state index >= 15 is 0 Å². The van der Waals surface area contributed by atoms with Crippen LogP contribution in [0, 0.1) is 5.92 Å². The maximum Gasteiger partial charge on any atom is 0.338 e. The van der Waals surface area contributed by atoms with E-state index in [-0.39, 0.29) is 23.8 Å². The van der Waals surface area contributed by atoms with E-state index in [4.69, 9.17) is 4.74 Å². The second-order valence-corrected chi connectivity index (χ2v) is 7.87. The molecule has 1 atom stereocenters. The number of rotatable bonds is 5. The van der Waals surface area contributed by atoms with Crippen molar-refractivity contribution in [2.24, 2.45) is 5.92 Å². The molecule has 1 fully saturated rings. The van der Waals surface area contributed by atoms with Gasteiger partial charge in [-0.25, -0.2) is 13.2 Å². The van der Waals surface area contributed by atoms with Crippen LogP contribution in [0.15, 0.2) is 24.3 Å². The molecule has 1 saturated heterocycles. The predicted octanol–water partition coefficient (Wildman–Crippen LogP) is 1.47. The first-order valence-electron chi connectivity index (χ1n) is 7.77. The number of esters is 1. The van der Waals surface area contributed by atoms with E-state index in [9.17, 15) is 18.0 Å². The first kappa shape index (κ1) is 18.3. The first-order valence-corrected chi connectivity index (χ1v) is 9.66. The maximum absolute atomic E-state index is 12.1. The lowest BCUT2D eigenvalue weighted by molar-refractivity contribution is -0.136. The second-order valence-electron chi connectivity index (χ2n) is 6.12. The Hall–Kier alpha value is -2.09. The van der Waals surface area contributed by atoms with Crippen LogP contribution in [0.1, 0.15) is 30.1 Å². The van der Waals surface area contributed by atoms with Crippen LogP contribution < -0.4 is 4.72 Å². The largest absolute Gasteiger partial charge is 0.452 e. The number of carbonyl (C=O) groups excluding carboxylic acids is 2. The molecule has 2 rings (SSSR count). The highest BCUT2D eigenvalue weighted by molar-refractivity contribution is 7.92. The molecule has 7 nitrogen and oxygen atoms in total. The number of piperidine rings is 1. The molecule has 1 amide bonds. The summed E-state index contributed by atoms with van der Waals surface area (Å²) in [4.78, 5) is 25.8. The number of carbonyl (C=O) groups is 2. The smallest absolute Gasteiger partial charge is 0.338 e. The van der Waals surface area contributed by atoms with Crippen molar-refractivity contribution in [3.63, 3.8) is 0 Å². The molecular weight excluding hydrogens is 332 g/mol. The number of hydrogen-bond acceptors (Lipinski definition) is 5. The number of sulfonamides is 1. The molecule has 1 aliphatic heterocycles. The summed E-state index contributed by atoms with van der Waals surface area (Å²) in [5.74, 6) is -0.414. The molecule has 0 bridgehead atoms. The first-order chi connectivity index (χ1) is 11.2. The molecule has 132 valence electrons. The van der Waals surface area contributed by atoms with Crippen LogP contribution >= 0.6 is 0 Å². The fraction of sp³-hybridized carbons (Fsp3) is 0.500. The molecule has 0 spiro atoms. The molecule has 1 aromatic carbocycles. The van der Waals surface area contributed by atoms with Gasteiger partial charge in [0.25, 0.3) is 5.91 Å². The number of likely N-dealkylation sites (tertiary alicyclic amines) is 1. The highest BCUT2D eigenvalue weighted by Gasteiger charge is 2.22. The van der Waals surface area contributed by atoms with E-state index in [1.165, 1.54) is 24.3 Å². The van der Waals surface area contributed by atoms with Gasteiger partial charge in [0.15, 0.2) is 6.61 Å². The van der Waals surface area contributed by atoms with Gasteiger partial charge >= 0.3 is 5.97 Å². The maximum atomic E-state index is 12.1. The molecule has 8 heteroatoms. The second kappa shape index (κ2) is 7.65. The Labute approximate surface area is 142 Å². The standard InChI is InChI=1S/C16H22N2O5S/c1-12-5-4-8-18(10-12)15(19)11-23-16(20)13-6-3-7-14(9-13)17-24(2,21)22/h3,6-7,9,12,17H,4-5,8,10-11H2,1-2H3. The van der Waals surface area contributed by atoms with Crippen LogP contribution in [-0.4, -0.2) is 51.1 Å². The number of nitrogens with zero attached hydrogens (tertiary/aromatic N) is 1. The fourth-order valence-corrected chi connectivity index (χ4v) is 3.20. The van der Waals surface area contributed by atoms with Gasteiger partial charge in [-0.2, -0.15) is 0 Å². The van der Waals surface area contributed by atoms with Crippen LogP contribution in [0.25, 0.3) is 0 Å². The van der Waals surface area contributed by atoms with Gasteiger partial charge in [-0.05, 0) is 37.0 Å². The zero-order valence-corrected chi connectivity index (χ0v) is 14.6. The summed E-state index contributed by atoms with van der Waals surface area (Å²) >= 11 is 0. The van der Waals surface area contributed by atoms with Crippen LogP contribution in [0.5, 0.6) is 0 Å². The van der Waals surface area contributed by atoms with Crippen LogP contribution in [0.2, 0.25) is 0 Å². The quantitative estimate of drug-likeness (QED) is 0.809. The van der Waals surface area contributed by atoms with Crippen LogP contribution in [-0.2, 0) is 19.6 Å². The number of hydrogen-bond donors (Lipinski definition) is 1. The summed E-state index contributed by atoms with van der Waals surface area (Å²) in [5.41, 5.74) is 0.451. The topological polar surface area (TPSA) is 92.8 Å². The van der Waals surface area contributed by atoms with Crippen molar-refractivity contribution < 1.29 is 22.7 Å². The summed E-state index contributed by atoms with van der Waals surface area (Å²) in [5, 5.41) is 0.